The van der Waals surface area contributed by atoms with Gasteiger partial charge >= 0.3 is 24.6 Å². The molecule has 0 saturated carbocycles. The van der Waals surface area contributed by atoms with Crippen LogP contribution >= 0.6 is 39.1 Å². The fraction of sp³-hybridized carbons (Fsp3) is 0.273. The Labute approximate surface area is 237 Å². The number of nitrogens with one attached hydrogen (secondary N) is 2. The Morgan fingerprint density at radius 3 is 2.02 bits per heavy atom. The molecule has 220 valence electrons. The summed E-state index contributed by atoms with van der Waals surface area (Å²) in [4.78, 5) is 24.0. The van der Waals surface area contributed by atoms with E-state index in [0.29, 0.717) is 12.1 Å². The second-order valence-electron chi connectivity index (χ2n) is 7.86. The highest BCUT2D eigenvalue weighted by molar-refractivity contribution is 9.10. The topological polar surface area (TPSA) is 61.4 Å². The normalized spacial score (nSPS) is 13.6. The largest absolute Gasteiger partial charge is 0.417 e. The van der Waals surface area contributed by atoms with Crippen LogP contribution in [0.25, 0.3) is 5.83 Å². The zero-order valence-electron chi connectivity index (χ0n) is 19.4. The lowest BCUT2D eigenvalue weighted by molar-refractivity contribution is -0.140. The molecular formula is C22H14BrCl2F10N3O2. The first-order chi connectivity index (χ1) is 18.1. The van der Waals surface area contributed by atoms with Crippen LogP contribution in [-0.2, 0) is 6.18 Å². The maximum absolute atomic E-state index is 14.9. The van der Waals surface area contributed by atoms with Gasteiger partial charge in [-0.1, -0.05) is 29.3 Å². The summed E-state index contributed by atoms with van der Waals surface area (Å²) in [6, 6.07) is 1.16. The number of halogens is 13. The van der Waals surface area contributed by atoms with Crippen molar-refractivity contribution < 1.29 is 53.5 Å². The van der Waals surface area contributed by atoms with Crippen molar-refractivity contribution >= 4 is 56.9 Å². The van der Waals surface area contributed by atoms with E-state index in [2.05, 4.69) is 15.9 Å². The van der Waals surface area contributed by atoms with Gasteiger partial charge in [-0.05, 0) is 51.8 Å². The molecule has 0 aliphatic heterocycles. The predicted octanol–water partition coefficient (Wildman–Crippen LogP) is 8.28. The van der Waals surface area contributed by atoms with Gasteiger partial charge in [-0.3, -0.25) is 10.2 Å². The molecule has 2 aromatic carbocycles. The number of urea groups is 1. The number of carbonyl (C=O) groups excluding carboxylic acids is 2. The summed E-state index contributed by atoms with van der Waals surface area (Å²) in [7, 11) is 0.728. The van der Waals surface area contributed by atoms with Gasteiger partial charge in [-0.15, -0.1) is 0 Å². The minimum Gasteiger partial charge on any atom is -0.327 e. The average molecular weight is 693 g/mol. The number of amides is 3. The first-order valence-electron chi connectivity index (χ1n) is 10.3. The lowest BCUT2D eigenvalue weighted by Crippen LogP contribution is -2.50. The molecule has 40 heavy (non-hydrogen) atoms. The Kier molecular flexibility index (Phi) is 10.4. The fourth-order valence-corrected chi connectivity index (χ4v) is 3.79. The number of carbonyl (C=O) groups is 2. The second kappa shape index (κ2) is 12.4. The zero-order valence-corrected chi connectivity index (χ0v) is 22.5. The van der Waals surface area contributed by atoms with Gasteiger partial charge in [-0.25, -0.2) is 14.2 Å². The molecule has 0 aliphatic rings. The average Bonchev–Trinajstić information content (AvgIpc) is 2.81. The summed E-state index contributed by atoms with van der Waals surface area (Å²) in [5, 5.41) is 0.984. The number of benzene rings is 2. The van der Waals surface area contributed by atoms with E-state index in [0.717, 1.165) is 19.2 Å². The Morgan fingerprint density at radius 2 is 1.55 bits per heavy atom. The molecule has 5 nitrogen and oxygen atoms in total. The maximum Gasteiger partial charge on any atom is 0.417 e. The van der Waals surface area contributed by atoms with E-state index in [1.807, 2.05) is 0 Å². The van der Waals surface area contributed by atoms with E-state index in [1.165, 1.54) is 5.32 Å². The van der Waals surface area contributed by atoms with E-state index in [4.69, 9.17) is 23.2 Å². The van der Waals surface area contributed by atoms with Gasteiger partial charge in [0.2, 0.25) is 0 Å². The van der Waals surface area contributed by atoms with Gasteiger partial charge in [0.15, 0.2) is 0 Å². The third kappa shape index (κ3) is 8.89. The molecule has 0 fully saturated rings. The van der Waals surface area contributed by atoms with Crippen molar-refractivity contribution in [1.29, 1.82) is 0 Å². The molecule has 3 amide bonds. The zero-order chi connectivity index (χ0) is 30.8. The van der Waals surface area contributed by atoms with Crippen LogP contribution in [0.3, 0.4) is 0 Å². The van der Waals surface area contributed by atoms with Crippen LogP contribution in [0.15, 0.2) is 40.9 Å². The van der Waals surface area contributed by atoms with Gasteiger partial charge in [0, 0.05) is 12.6 Å². The number of hydrogen-bond acceptors (Lipinski definition) is 2. The van der Waals surface area contributed by atoms with Crippen LogP contribution in [0.4, 0.5) is 48.7 Å². The molecular weight excluding hydrogens is 679 g/mol. The second-order valence-corrected chi connectivity index (χ2v) is 9.47. The molecule has 0 spiro atoms. The van der Waals surface area contributed by atoms with Gasteiger partial charge < -0.3 is 5.32 Å². The van der Waals surface area contributed by atoms with Crippen LogP contribution < -0.4 is 10.7 Å². The highest BCUT2D eigenvalue weighted by Crippen LogP contribution is 2.43. The number of allylic oxidation sites excluding steroid dienone is 1. The molecule has 0 aliphatic carbocycles. The number of hydrazine groups is 1. The van der Waals surface area contributed by atoms with Crippen molar-refractivity contribution in [2.45, 2.75) is 24.4 Å². The molecule has 1 unspecified atom stereocenters. The van der Waals surface area contributed by atoms with Crippen molar-refractivity contribution in [3.63, 3.8) is 0 Å². The predicted molar refractivity (Wildman–Crippen MR) is 128 cm³/mol. The number of alkyl halides is 9. The van der Waals surface area contributed by atoms with Crippen molar-refractivity contribution in [3.8, 4) is 0 Å². The minimum absolute atomic E-state index is 0.0100. The molecule has 1 atom stereocenters. The first kappa shape index (κ1) is 33.5. The van der Waals surface area contributed by atoms with Gasteiger partial charge in [0.25, 0.3) is 5.91 Å². The highest BCUT2D eigenvalue weighted by atomic mass is 79.9. The van der Waals surface area contributed by atoms with E-state index < -0.39 is 71.0 Å². The van der Waals surface area contributed by atoms with Crippen molar-refractivity contribution in [1.82, 2.24) is 15.8 Å². The van der Waals surface area contributed by atoms with E-state index in [-0.39, 0.29) is 31.7 Å². The Hall–Kier alpha value is -2.72. The summed E-state index contributed by atoms with van der Waals surface area (Å²) < 4.78 is 134. The molecule has 0 radical (unpaired) electrons. The van der Waals surface area contributed by atoms with Crippen LogP contribution in [0.5, 0.6) is 0 Å². The van der Waals surface area contributed by atoms with E-state index in [1.54, 1.807) is 5.43 Å². The van der Waals surface area contributed by atoms with Crippen LogP contribution in [-0.4, -0.2) is 42.9 Å². The molecule has 0 heterocycles. The lowest BCUT2D eigenvalue weighted by atomic mass is 9.95. The SMILES string of the molecule is CN(NC(=O)c1ccc(/C(F)=C/C(c2cc(Cl)c(Br)c(Cl)c2)C(F)(F)F)cc1C(F)(F)F)C(=O)NCC(F)(F)F. The van der Waals surface area contributed by atoms with Crippen molar-refractivity contribution in [3.05, 3.63) is 73.2 Å². The lowest BCUT2D eigenvalue weighted by Gasteiger charge is -2.21. The van der Waals surface area contributed by atoms with Crippen LogP contribution in [0.1, 0.15) is 33.0 Å². The van der Waals surface area contributed by atoms with Crippen molar-refractivity contribution in [2.75, 3.05) is 13.6 Å². The van der Waals surface area contributed by atoms with E-state index >= 15 is 0 Å². The molecule has 2 aromatic rings. The van der Waals surface area contributed by atoms with Crippen LogP contribution in [0, 0.1) is 0 Å². The summed E-state index contributed by atoms with van der Waals surface area (Å²) in [6.07, 6.45) is -15.3. The molecule has 0 saturated heterocycles. The number of nitrogens with zero attached hydrogens (tertiary/aromatic N) is 1. The van der Waals surface area contributed by atoms with Gasteiger partial charge in [-0.2, -0.15) is 39.5 Å². The molecule has 2 N–H and O–H groups in total. The number of hydrogen-bond donors (Lipinski definition) is 2. The summed E-state index contributed by atoms with van der Waals surface area (Å²) in [5.74, 6) is -6.09. The van der Waals surface area contributed by atoms with Crippen molar-refractivity contribution in [2.24, 2.45) is 0 Å². The smallest absolute Gasteiger partial charge is 0.327 e. The maximum atomic E-state index is 14.9. The molecule has 0 bridgehead atoms. The van der Waals surface area contributed by atoms with Crippen LogP contribution in [0.2, 0.25) is 10.0 Å². The summed E-state index contributed by atoms with van der Waals surface area (Å²) in [6.45, 7) is -1.81. The fourth-order valence-electron chi connectivity index (χ4n) is 3.06. The van der Waals surface area contributed by atoms with Gasteiger partial charge in [0.05, 0.1) is 25.6 Å². The Balaban J connectivity index is 2.45. The Bertz CT molecular complexity index is 1290. The molecule has 2 rings (SSSR count). The van der Waals surface area contributed by atoms with Gasteiger partial charge in [0.1, 0.15) is 18.3 Å². The summed E-state index contributed by atoms with van der Waals surface area (Å²) >= 11 is 14.6. The Morgan fingerprint density at radius 1 is 1.00 bits per heavy atom. The summed E-state index contributed by atoms with van der Waals surface area (Å²) in [5.41, 5.74) is -3.03. The highest BCUT2D eigenvalue weighted by Gasteiger charge is 2.41. The first-order valence-corrected chi connectivity index (χ1v) is 11.9. The van der Waals surface area contributed by atoms with E-state index in [9.17, 15) is 53.5 Å². The molecule has 18 heteroatoms. The standard InChI is InChI=1S/C22H14BrCl2F10N3O2/c1-38(19(40)36-8-20(27,28)29)37-18(39)11-3-2-9(4-13(11)22(33,34)35)16(26)7-12(21(30,31)32)10-5-14(24)17(23)15(25)6-10/h2-7,12H,8H2,1H3,(H,36,40)(H,37,39)/b16-7-. The monoisotopic (exact) mass is 691 g/mol. The third-order valence-electron chi connectivity index (χ3n) is 4.89. The molecule has 0 aromatic heterocycles. The minimum atomic E-state index is -5.35. The quantitative estimate of drug-likeness (QED) is 0.188. The number of rotatable bonds is 5. The third-order valence-corrected chi connectivity index (χ3v) is 6.80.